The van der Waals surface area contributed by atoms with Crippen molar-refractivity contribution in [2.75, 3.05) is 0 Å². The number of hydrogen-bond donors (Lipinski definition) is 2. The molecule has 0 unspecified atom stereocenters. The molecule has 0 radical (unpaired) electrons. The lowest BCUT2D eigenvalue weighted by atomic mass is 9.95. The van der Waals surface area contributed by atoms with E-state index in [4.69, 9.17) is 10.8 Å². The van der Waals surface area contributed by atoms with Gasteiger partial charge in [0.15, 0.2) is 0 Å². The van der Waals surface area contributed by atoms with Gasteiger partial charge in [0.1, 0.15) is 6.04 Å². The third kappa shape index (κ3) is 3.19. The van der Waals surface area contributed by atoms with Gasteiger partial charge < -0.3 is 10.8 Å². The molecular weight excluding hydrogens is 166 g/mol. The molecule has 13 heavy (non-hydrogen) atoms. The van der Waals surface area contributed by atoms with Crippen LogP contribution in [0.2, 0.25) is 0 Å². The molecule has 0 saturated heterocycles. The minimum Gasteiger partial charge on any atom is -0.480 e. The van der Waals surface area contributed by atoms with E-state index >= 15 is 0 Å². The third-order valence-corrected chi connectivity index (χ3v) is 2.49. The quantitative estimate of drug-likeness (QED) is 0.640. The van der Waals surface area contributed by atoms with Crippen LogP contribution in [0.25, 0.3) is 0 Å². The second-order valence-electron chi connectivity index (χ2n) is 3.55. The van der Waals surface area contributed by atoms with Crippen LogP contribution in [-0.2, 0) is 4.79 Å². The van der Waals surface area contributed by atoms with E-state index in [0.29, 0.717) is 0 Å². The van der Waals surface area contributed by atoms with Gasteiger partial charge in [0.25, 0.3) is 0 Å². The van der Waals surface area contributed by atoms with Crippen LogP contribution in [0.1, 0.15) is 38.5 Å². The highest BCUT2D eigenvalue weighted by Gasteiger charge is 2.16. The summed E-state index contributed by atoms with van der Waals surface area (Å²) in [6, 6.07) is -0.780. The van der Waals surface area contributed by atoms with Crippen molar-refractivity contribution in [2.24, 2.45) is 5.73 Å². The second kappa shape index (κ2) is 5.02. The SMILES string of the molecule is N[C@@H](C(=O)O)/C1=C\CCCCCC1. The number of rotatable bonds is 2. The van der Waals surface area contributed by atoms with Gasteiger partial charge in [-0.05, 0) is 31.3 Å². The number of allylic oxidation sites excluding steroid dienone is 1. The minimum absolute atomic E-state index is 0.780. The second-order valence-corrected chi connectivity index (χ2v) is 3.55. The van der Waals surface area contributed by atoms with Gasteiger partial charge >= 0.3 is 5.97 Å². The largest absolute Gasteiger partial charge is 0.480 e. The van der Waals surface area contributed by atoms with Crippen molar-refractivity contribution >= 4 is 5.97 Å². The molecule has 1 rings (SSSR count). The molecule has 0 amide bonds. The molecule has 74 valence electrons. The molecule has 3 heteroatoms. The third-order valence-electron chi connectivity index (χ3n) is 2.49. The number of carboxylic acids is 1. The average molecular weight is 183 g/mol. The molecule has 1 aliphatic rings. The van der Waals surface area contributed by atoms with Crippen molar-refractivity contribution in [2.45, 2.75) is 44.6 Å². The summed E-state index contributed by atoms with van der Waals surface area (Å²) in [5, 5.41) is 8.73. The number of aliphatic carboxylic acids is 1. The number of carboxylic acid groups (broad SMARTS) is 1. The molecule has 0 heterocycles. The van der Waals surface area contributed by atoms with Crippen molar-refractivity contribution in [1.29, 1.82) is 0 Å². The molecule has 1 aliphatic carbocycles. The Kier molecular flexibility index (Phi) is 3.96. The Balaban J connectivity index is 2.58. The molecule has 0 spiro atoms. The van der Waals surface area contributed by atoms with E-state index in [1.165, 1.54) is 12.8 Å². The van der Waals surface area contributed by atoms with Gasteiger partial charge in [0, 0.05) is 0 Å². The minimum atomic E-state index is -0.910. The van der Waals surface area contributed by atoms with Crippen molar-refractivity contribution in [3.8, 4) is 0 Å². The van der Waals surface area contributed by atoms with Gasteiger partial charge in [-0.1, -0.05) is 18.9 Å². The molecule has 0 aromatic heterocycles. The van der Waals surface area contributed by atoms with Gasteiger partial charge in [0.2, 0.25) is 0 Å². The van der Waals surface area contributed by atoms with Gasteiger partial charge in [-0.25, -0.2) is 0 Å². The molecule has 3 nitrogen and oxygen atoms in total. The van der Waals surface area contributed by atoms with Crippen LogP contribution in [0.5, 0.6) is 0 Å². The normalized spacial score (nSPS) is 25.2. The highest BCUT2D eigenvalue weighted by Crippen LogP contribution is 2.18. The maximum Gasteiger partial charge on any atom is 0.324 e. The van der Waals surface area contributed by atoms with Crippen LogP contribution >= 0.6 is 0 Å². The van der Waals surface area contributed by atoms with Crippen LogP contribution in [-0.4, -0.2) is 17.1 Å². The Labute approximate surface area is 78.6 Å². The predicted octanol–water partition coefficient (Wildman–Crippen LogP) is 1.68. The smallest absolute Gasteiger partial charge is 0.324 e. The van der Waals surface area contributed by atoms with Crippen LogP contribution < -0.4 is 5.73 Å². The fourth-order valence-corrected chi connectivity index (χ4v) is 1.66. The molecule has 1 atom stereocenters. The van der Waals surface area contributed by atoms with Crippen LogP contribution in [0.15, 0.2) is 11.6 Å². The maximum absolute atomic E-state index is 10.6. The predicted molar refractivity (Wildman–Crippen MR) is 51.4 cm³/mol. The Hall–Kier alpha value is -0.830. The Morgan fingerprint density at radius 1 is 1.38 bits per heavy atom. The maximum atomic E-state index is 10.6. The molecule has 0 saturated carbocycles. The van der Waals surface area contributed by atoms with E-state index in [1.54, 1.807) is 0 Å². The zero-order chi connectivity index (χ0) is 9.68. The Bertz CT molecular complexity index is 211. The van der Waals surface area contributed by atoms with Crippen molar-refractivity contribution in [3.05, 3.63) is 11.6 Å². The molecular formula is C10H17NO2. The lowest BCUT2D eigenvalue weighted by Gasteiger charge is -2.14. The van der Waals surface area contributed by atoms with Crippen molar-refractivity contribution in [3.63, 3.8) is 0 Å². The highest BCUT2D eigenvalue weighted by molar-refractivity contribution is 5.77. The van der Waals surface area contributed by atoms with E-state index in [2.05, 4.69) is 0 Å². The van der Waals surface area contributed by atoms with Crippen molar-refractivity contribution < 1.29 is 9.90 Å². The lowest BCUT2D eigenvalue weighted by molar-refractivity contribution is -0.137. The summed E-state index contributed by atoms with van der Waals surface area (Å²) in [7, 11) is 0. The van der Waals surface area contributed by atoms with Crippen LogP contribution in [0.3, 0.4) is 0 Å². The summed E-state index contributed by atoms with van der Waals surface area (Å²) in [5.74, 6) is -0.910. The zero-order valence-corrected chi connectivity index (χ0v) is 7.83. The molecule has 0 bridgehead atoms. The molecule has 0 aromatic carbocycles. The highest BCUT2D eigenvalue weighted by atomic mass is 16.4. The van der Waals surface area contributed by atoms with Gasteiger partial charge in [0.05, 0.1) is 0 Å². The summed E-state index contributed by atoms with van der Waals surface area (Å²) in [6.07, 6.45) is 8.54. The summed E-state index contributed by atoms with van der Waals surface area (Å²) >= 11 is 0. The Morgan fingerprint density at radius 3 is 2.77 bits per heavy atom. The topological polar surface area (TPSA) is 63.3 Å². The number of hydrogen-bond acceptors (Lipinski definition) is 2. The molecule has 3 N–H and O–H groups in total. The Morgan fingerprint density at radius 2 is 2.08 bits per heavy atom. The van der Waals surface area contributed by atoms with E-state index in [1.807, 2.05) is 6.08 Å². The summed E-state index contributed by atoms with van der Waals surface area (Å²) in [5.41, 5.74) is 6.45. The van der Waals surface area contributed by atoms with Gasteiger partial charge in [-0.15, -0.1) is 0 Å². The fraction of sp³-hybridized carbons (Fsp3) is 0.700. The van der Waals surface area contributed by atoms with Crippen LogP contribution in [0.4, 0.5) is 0 Å². The van der Waals surface area contributed by atoms with E-state index < -0.39 is 12.0 Å². The monoisotopic (exact) mass is 183 g/mol. The number of nitrogens with two attached hydrogens (primary N) is 1. The van der Waals surface area contributed by atoms with E-state index in [9.17, 15) is 4.79 Å². The first-order chi connectivity index (χ1) is 6.22. The summed E-state index contributed by atoms with van der Waals surface area (Å²) in [6.45, 7) is 0. The average Bonchev–Trinajstić information content (AvgIpc) is 2.02. The first kappa shape index (κ1) is 10.3. The summed E-state index contributed by atoms with van der Waals surface area (Å²) < 4.78 is 0. The zero-order valence-electron chi connectivity index (χ0n) is 7.83. The lowest BCUT2D eigenvalue weighted by Crippen LogP contribution is -2.32. The first-order valence-corrected chi connectivity index (χ1v) is 4.89. The van der Waals surface area contributed by atoms with Crippen molar-refractivity contribution in [1.82, 2.24) is 0 Å². The van der Waals surface area contributed by atoms with Crippen LogP contribution in [0, 0.1) is 0 Å². The molecule has 0 aromatic rings. The summed E-state index contributed by atoms with van der Waals surface area (Å²) in [4.78, 5) is 10.6. The first-order valence-electron chi connectivity index (χ1n) is 4.89. The van der Waals surface area contributed by atoms with E-state index in [-0.39, 0.29) is 0 Å². The van der Waals surface area contributed by atoms with Gasteiger partial charge in [-0.2, -0.15) is 0 Å². The fourth-order valence-electron chi connectivity index (χ4n) is 1.66. The molecule has 0 fully saturated rings. The number of carbonyl (C=O) groups is 1. The van der Waals surface area contributed by atoms with E-state index in [0.717, 1.165) is 31.3 Å². The standard InChI is InChI=1S/C10H17NO2/c11-9(10(12)13)8-6-4-2-1-3-5-7-8/h6,9H,1-5,7,11H2,(H,12,13)/b8-6-/t9-/m1/s1. The molecule has 0 aliphatic heterocycles. The van der Waals surface area contributed by atoms with Gasteiger partial charge in [-0.3, -0.25) is 4.79 Å².